The average Bonchev–Trinajstić information content (AvgIpc) is 3.07. The highest BCUT2D eigenvalue weighted by Gasteiger charge is 2.78. The second-order valence-corrected chi connectivity index (χ2v) is 11.7. The smallest absolute Gasteiger partial charge is 0.336 e. The Bertz CT molecular complexity index is 908. The minimum Gasteiger partial charge on any atom is -0.368 e. The highest BCUT2D eigenvalue weighted by Crippen LogP contribution is 2.74. The number of fused-ring (bicyclic) bond motifs is 6. The fourth-order valence-electron chi connectivity index (χ4n) is 8.02. The molecule has 0 bridgehead atoms. The van der Waals surface area contributed by atoms with Gasteiger partial charge in [0.1, 0.15) is 0 Å². The zero-order valence-electron chi connectivity index (χ0n) is 18.4. The zero-order valence-corrected chi connectivity index (χ0v) is 18.4. The van der Waals surface area contributed by atoms with E-state index in [0.717, 1.165) is 10.0 Å². The maximum atomic E-state index is 13.3. The van der Waals surface area contributed by atoms with Gasteiger partial charge in [-0.25, -0.2) is 0 Å². The van der Waals surface area contributed by atoms with Gasteiger partial charge in [-0.2, -0.15) is 20.2 Å². The molecule has 2 amide bonds. The largest absolute Gasteiger partial charge is 0.368 e. The highest BCUT2D eigenvalue weighted by atomic mass is 16.3. The van der Waals surface area contributed by atoms with Crippen LogP contribution in [0.5, 0.6) is 0 Å². The predicted octanol–water partition coefficient (Wildman–Crippen LogP) is 1.38. The average molecular weight is 415 g/mol. The second-order valence-electron chi connectivity index (χ2n) is 11.7. The molecular weight excluding hydrogens is 384 g/mol. The van der Waals surface area contributed by atoms with E-state index in [9.17, 15) is 19.8 Å². The zero-order chi connectivity index (χ0) is 21.8. The number of rotatable bonds is 0. The highest BCUT2D eigenvalue weighted by molar-refractivity contribution is 6.35. The molecule has 8 nitrogen and oxygen atoms in total. The third-order valence-electron chi connectivity index (χ3n) is 9.75. The van der Waals surface area contributed by atoms with Crippen molar-refractivity contribution in [2.45, 2.75) is 65.8 Å². The molecular formula is C22H30N4O4. The Morgan fingerprint density at radius 1 is 0.800 bits per heavy atom. The molecule has 8 heteroatoms. The molecule has 0 spiro atoms. The van der Waals surface area contributed by atoms with Gasteiger partial charge in [0.25, 0.3) is 0 Å². The molecule has 0 aromatic heterocycles. The molecule has 2 aliphatic heterocycles. The number of hydrogen-bond donors (Lipinski definition) is 2. The van der Waals surface area contributed by atoms with Crippen molar-refractivity contribution in [3.8, 4) is 0 Å². The Kier molecular flexibility index (Phi) is 3.04. The Morgan fingerprint density at radius 2 is 1.13 bits per heavy atom. The first kappa shape index (κ1) is 18.9. The summed E-state index contributed by atoms with van der Waals surface area (Å²) in [5, 5.41) is 33.4. The van der Waals surface area contributed by atoms with E-state index in [-0.39, 0.29) is 34.5 Å². The lowest BCUT2D eigenvalue weighted by Gasteiger charge is -2.37. The van der Waals surface area contributed by atoms with Gasteiger partial charge in [-0.05, 0) is 48.3 Å². The lowest BCUT2D eigenvalue weighted by molar-refractivity contribution is -0.185. The van der Waals surface area contributed by atoms with E-state index in [1.807, 2.05) is 13.8 Å². The molecule has 4 fully saturated rings. The SMILES string of the molecule is CC1=NN(C(=O)C(=O)N2N=C(C)C3C4C(CC32O)C4(C)C)C2(O)CC3C(C12)C3(C)C. The Hall–Kier alpha value is -1.80. The fourth-order valence-corrected chi connectivity index (χ4v) is 8.02. The molecule has 6 rings (SSSR count). The van der Waals surface area contributed by atoms with Gasteiger partial charge >= 0.3 is 11.8 Å². The van der Waals surface area contributed by atoms with Crippen LogP contribution < -0.4 is 0 Å². The number of carbonyl (C=O) groups is 2. The first-order valence-electron chi connectivity index (χ1n) is 11.0. The van der Waals surface area contributed by atoms with Crippen molar-refractivity contribution in [2.75, 3.05) is 0 Å². The molecule has 6 aliphatic rings. The number of hydrogen-bond acceptors (Lipinski definition) is 6. The van der Waals surface area contributed by atoms with Gasteiger partial charge in [0, 0.05) is 24.3 Å². The summed E-state index contributed by atoms with van der Waals surface area (Å²) in [7, 11) is 0. The van der Waals surface area contributed by atoms with E-state index >= 15 is 0 Å². The van der Waals surface area contributed by atoms with E-state index in [1.165, 1.54) is 0 Å². The predicted molar refractivity (Wildman–Crippen MR) is 108 cm³/mol. The third-order valence-corrected chi connectivity index (χ3v) is 9.75. The van der Waals surface area contributed by atoms with Gasteiger partial charge in [0.05, 0.1) is 11.8 Å². The van der Waals surface area contributed by atoms with E-state index in [1.54, 1.807) is 0 Å². The number of nitrogens with zero attached hydrogens (tertiary/aromatic N) is 4. The van der Waals surface area contributed by atoms with Crippen LogP contribution in [0.1, 0.15) is 54.4 Å². The minimum absolute atomic E-state index is 0.118. The van der Waals surface area contributed by atoms with Crippen LogP contribution in [-0.4, -0.2) is 54.9 Å². The normalized spacial score (nSPS) is 50.4. The van der Waals surface area contributed by atoms with Gasteiger partial charge < -0.3 is 10.2 Å². The number of aliphatic hydroxyl groups is 2. The van der Waals surface area contributed by atoms with E-state index in [4.69, 9.17) is 0 Å². The maximum Gasteiger partial charge on any atom is 0.336 e. The molecule has 0 aromatic carbocycles. The van der Waals surface area contributed by atoms with Crippen molar-refractivity contribution >= 4 is 23.2 Å². The molecule has 162 valence electrons. The van der Waals surface area contributed by atoms with Crippen molar-refractivity contribution in [3.05, 3.63) is 0 Å². The topological polar surface area (TPSA) is 106 Å². The summed E-state index contributed by atoms with van der Waals surface area (Å²) in [6.07, 6.45) is 0.839. The second kappa shape index (κ2) is 4.83. The van der Waals surface area contributed by atoms with Crippen LogP contribution in [0.2, 0.25) is 0 Å². The lowest BCUT2D eigenvalue weighted by Crippen LogP contribution is -2.58. The van der Waals surface area contributed by atoms with E-state index < -0.39 is 23.3 Å². The van der Waals surface area contributed by atoms with Crippen molar-refractivity contribution in [3.63, 3.8) is 0 Å². The molecule has 0 aromatic rings. The monoisotopic (exact) mass is 414 g/mol. The van der Waals surface area contributed by atoms with Gasteiger partial charge in [-0.15, -0.1) is 0 Å². The summed E-state index contributed by atoms with van der Waals surface area (Å²) in [6.45, 7) is 12.3. The Labute approximate surface area is 176 Å². The summed E-state index contributed by atoms with van der Waals surface area (Å²) in [5.74, 6) is -1.15. The fraction of sp³-hybridized carbons (Fsp3) is 0.818. The first-order valence-corrected chi connectivity index (χ1v) is 11.0. The minimum atomic E-state index is -1.46. The van der Waals surface area contributed by atoms with Crippen LogP contribution in [0.3, 0.4) is 0 Å². The molecule has 8 atom stereocenters. The van der Waals surface area contributed by atoms with Crippen molar-refractivity contribution in [2.24, 2.45) is 56.5 Å². The standard InChI is InChI=1S/C22H30N4O4/c1-9-13-15-11(19(15,3)4)7-21(13,29)25(23-9)17(27)18(28)26-22(30)8-12-16(20(12,5)6)14(22)10(2)24-26/h11-16,29-30H,7-8H2,1-6H3. The summed E-state index contributed by atoms with van der Waals surface area (Å²) in [4.78, 5) is 26.5. The van der Waals surface area contributed by atoms with Crippen LogP contribution in [0.15, 0.2) is 10.2 Å². The van der Waals surface area contributed by atoms with Crippen LogP contribution in [0, 0.1) is 46.3 Å². The number of amides is 2. The van der Waals surface area contributed by atoms with Crippen LogP contribution in [0.4, 0.5) is 0 Å². The molecule has 4 aliphatic carbocycles. The Morgan fingerprint density at radius 3 is 1.47 bits per heavy atom. The van der Waals surface area contributed by atoms with Crippen molar-refractivity contribution in [1.82, 2.24) is 10.0 Å². The maximum absolute atomic E-state index is 13.3. The van der Waals surface area contributed by atoms with E-state index in [0.29, 0.717) is 36.1 Å². The Balaban J connectivity index is 1.28. The van der Waals surface area contributed by atoms with Crippen molar-refractivity contribution < 1.29 is 19.8 Å². The van der Waals surface area contributed by atoms with Gasteiger partial charge in [0.15, 0.2) is 11.4 Å². The lowest BCUT2D eigenvalue weighted by atomic mass is 9.84. The number of carbonyl (C=O) groups excluding carboxylic acids is 2. The quantitative estimate of drug-likeness (QED) is 0.584. The van der Waals surface area contributed by atoms with E-state index in [2.05, 4.69) is 37.9 Å². The van der Waals surface area contributed by atoms with Gasteiger partial charge in [0.2, 0.25) is 0 Å². The molecule has 2 heterocycles. The van der Waals surface area contributed by atoms with Crippen LogP contribution in [-0.2, 0) is 9.59 Å². The number of hydrazone groups is 2. The van der Waals surface area contributed by atoms with Crippen LogP contribution in [0.25, 0.3) is 0 Å². The summed E-state index contributed by atoms with van der Waals surface area (Å²) in [5.41, 5.74) is -1.29. The summed E-state index contributed by atoms with van der Waals surface area (Å²) in [6, 6.07) is 0. The molecule has 30 heavy (non-hydrogen) atoms. The molecule has 4 saturated carbocycles. The molecule has 8 unspecified atom stereocenters. The van der Waals surface area contributed by atoms with Gasteiger partial charge in [-0.1, -0.05) is 27.7 Å². The summed E-state index contributed by atoms with van der Waals surface area (Å²) >= 11 is 0. The summed E-state index contributed by atoms with van der Waals surface area (Å²) < 4.78 is 0. The molecule has 0 radical (unpaired) electrons. The van der Waals surface area contributed by atoms with Crippen LogP contribution >= 0.6 is 0 Å². The van der Waals surface area contributed by atoms with Crippen molar-refractivity contribution in [1.29, 1.82) is 0 Å². The molecule has 2 N–H and O–H groups in total. The third kappa shape index (κ3) is 1.80. The van der Waals surface area contributed by atoms with Gasteiger partial charge in [-0.3, -0.25) is 9.59 Å². The molecule has 0 saturated heterocycles. The first-order chi connectivity index (χ1) is 13.8.